The van der Waals surface area contributed by atoms with Crippen LogP contribution in [0.15, 0.2) is 18.2 Å². The number of aliphatic hydroxyl groups excluding tert-OH is 1. The van der Waals surface area contributed by atoms with Crippen molar-refractivity contribution in [2.24, 2.45) is 0 Å². The second-order valence-electron chi connectivity index (χ2n) is 4.23. The molecule has 0 bridgehead atoms. The molecule has 0 saturated carbocycles. The summed E-state index contributed by atoms with van der Waals surface area (Å²) in [5, 5.41) is 12.7. The number of halogens is 2. The van der Waals surface area contributed by atoms with E-state index in [1.54, 1.807) is 6.26 Å². The van der Waals surface area contributed by atoms with Crippen molar-refractivity contribution >= 4 is 10.8 Å². The van der Waals surface area contributed by atoms with Crippen LogP contribution in [0.3, 0.4) is 0 Å². The van der Waals surface area contributed by atoms with Gasteiger partial charge in [0.05, 0.1) is 6.10 Å². The maximum atomic E-state index is 13.4. The zero-order valence-electron chi connectivity index (χ0n) is 10.3. The highest BCUT2D eigenvalue weighted by atomic mass is 32.2. The maximum absolute atomic E-state index is 13.4. The minimum Gasteiger partial charge on any atom is -0.387 e. The molecule has 2 N–H and O–H groups in total. The monoisotopic (exact) mass is 277 g/mol. The van der Waals surface area contributed by atoms with Crippen molar-refractivity contribution in [3.63, 3.8) is 0 Å². The summed E-state index contributed by atoms with van der Waals surface area (Å²) in [5.41, 5.74) is -0.0766. The molecule has 0 aliphatic carbocycles. The number of hydrogen-bond acceptors (Lipinski definition) is 3. The van der Waals surface area contributed by atoms with Crippen molar-refractivity contribution in [2.75, 3.05) is 18.6 Å². The second kappa shape index (κ2) is 6.92. The molecular formula is C12H17F2NO2S. The number of rotatable bonds is 6. The van der Waals surface area contributed by atoms with Gasteiger partial charge in [0.1, 0.15) is 11.6 Å². The van der Waals surface area contributed by atoms with Gasteiger partial charge in [-0.15, -0.1) is 0 Å². The van der Waals surface area contributed by atoms with Gasteiger partial charge >= 0.3 is 0 Å². The van der Waals surface area contributed by atoms with Gasteiger partial charge in [-0.25, -0.2) is 8.78 Å². The Morgan fingerprint density at radius 3 is 2.72 bits per heavy atom. The number of nitrogens with one attached hydrogen (secondary N) is 1. The molecule has 6 heteroatoms. The molecule has 0 aliphatic rings. The molecule has 0 heterocycles. The normalized spacial score (nSPS) is 16.3. The van der Waals surface area contributed by atoms with Gasteiger partial charge in [0.25, 0.3) is 0 Å². The fraction of sp³-hybridized carbons (Fsp3) is 0.500. The lowest BCUT2D eigenvalue weighted by molar-refractivity contribution is 0.166. The third-order valence-electron chi connectivity index (χ3n) is 2.46. The molecule has 18 heavy (non-hydrogen) atoms. The minimum atomic E-state index is -1.13. The van der Waals surface area contributed by atoms with Crippen LogP contribution in [0.1, 0.15) is 18.6 Å². The highest BCUT2D eigenvalue weighted by Gasteiger charge is 2.15. The Morgan fingerprint density at radius 1 is 1.44 bits per heavy atom. The molecule has 0 saturated heterocycles. The summed E-state index contributed by atoms with van der Waals surface area (Å²) in [6.07, 6.45) is 0.453. The number of benzene rings is 1. The van der Waals surface area contributed by atoms with Crippen molar-refractivity contribution in [1.82, 2.24) is 5.32 Å². The number of aliphatic hydroxyl groups is 1. The lowest BCUT2D eigenvalue weighted by Gasteiger charge is -2.17. The van der Waals surface area contributed by atoms with Gasteiger partial charge < -0.3 is 10.4 Å². The first-order chi connectivity index (χ1) is 8.40. The Labute approximate surface area is 108 Å². The summed E-state index contributed by atoms with van der Waals surface area (Å²) in [7, 11) is -0.941. The van der Waals surface area contributed by atoms with Crippen LogP contribution in [-0.2, 0) is 10.8 Å². The molecule has 0 amide bonds. The van der Waals surface area contributed by atoms with Gasteiger partial charge in [-0.3, -0.25) is 4.21 Å². The molecule has 0 spiro atoms. The van der Waals surface area contributed by atoms with Gasteiger partial charge in [-0.2, -0.15) is 0 Å². The van der Waals surface area contributed by atoms with Gasteiger partial charge in [0.2, 0.25) is 0 Å². The zero-order chi connectivity index (χ0) is 13.7. The topological polar surface area (TPSA) is 49.3 Å². The molecule has 3 unspecified atom stereocenters. The molecular weight excluding hydrogens is 260 g/mol. The van der Waals surface area contributed by atoms with Gasteiger partial charge in [0, 0.05) is 41.0 Å². The van der Waals surface area contributed by atoms with E-state index in [2.05, 4.69) is 5.32 Å². The Kier molecular flexibility index (Phi) is 5.84. The highest BCUT2D eigenvalue weighted by molar-refractivity contribution is 7.84. The molecule has 3 atom stereocenters. The predicted molar refractivity (Wildman–Crippen MR) is 67.7 cm³/mol. The van der Waals surface area contributed by atoms with Crippen LogP contribution in [-0.4, -0.2) is 33.9 Å². The van der Waals surface area contributed by atoms with Crippen molar-refractivity contribution in [3.8, 4) is 0 Å². The third kappa shape index (κ3) is 4.80. The van der Waals surface area contributed by atoms with E-state index in [-0.39, 0.29) is 18.2 Å². The van der Waals surface area contributed by atoms with Gasteiger partial charge in [0.15, 0.2) is 0 Å². The second-order valence-corrected chi connectivity index (χ2v) is 5.71. The summed E-state index contributed by atoms with van der Waals surface area (Å²) >= 11 is 0. The van der Waals surface area contributed by atoms with Crippen LogP contribution < -0.4 is 5.32 Å². The lowest BCUT2D eigenvalue weighted by atomic mass is 10.1. The van der Waals surface area contributed by atoms with E-state index in [0.29, 0.717) is 5.75 Å². The molecule has 0 radical (unpaired) electrons. The SMILES string of the molecule is CC(CS(C)=O)NCC(O)c1cc(F)ccc1F. The van der Waals surface area contributed by atoms with E-state index >= 15 is 0 Å². The first-order valence-electron chi connectivity index (χ1n) is 5.56. The molecule has 0 aromatic heterocycles. The summed E-state index contributed by atoms with van der Waals surface area (Å²) < 4.78 is 37.3. The van der Waals surface area contributed by atoms with E-state index in [9.17, 15) is 18.1 Å². The quantitative estimate of drug-likeness (QED) is 0.825. The fourth-order valence-electron chi connectivity index (χ4n) is 1.60. The average molecular weight is 277 g/mol. The van der Waals surface area contributed by atoms with E-state index in [0.717, 1.165) is 18.2 Å². The molecule has 1 rings (SSSR count). The van der Waals surface area contributed by atoms with Gasteiger partial charge in [-0.05, 0) is 25.1 Å². The largest absolute Gasteiger partial charge is 0.387 e. The summed E-state index contributed by atoms with van der Waals surface area (Å²) in [6, 6.07) is 2.90. The maximum Gasteiger partial charge on any atom is 0.129 e. The van der Waals surface area contributed by atoms with Crippen molar-refractivity contribution in [2.45, 2.75) is 19.1 Å². The minimum absolute atomic E-state index is 0.0675. The summed E-state index contributed by atoms with van der Waals surface area (Å²) in [4.78, 5) is 0. The molecule has 0 fully saturated rings. The van der Waals surface area contributed by atoms with Crippen LogP contribution in [0.2, 0.25) is 0 Å². The standard InChI is InChI=1S/C12H17F2NO2S/c1-8(7-18(2)17)15-6-12(16)10-5-9(13)3-4-11(10)14/h3-5,8,12,15-16H,6-7H2,1-2H3. The first kappa shape index (κ1) is 15.2. The zero-order valence-corrected chi connectivity index (χ0v) is 11.1. The Hall–Kier alpha value is -0.850. The van der Waals surface area contributed by atoms with Crippen LogP contribution in [0.4, 0.5) is 8.78 Å². The average Bonchev–Trinajstić information content (AvgIpc) is 2.28. The lowest BCUT2D eigenvalue weighted by Crippen LogP contribution is -2.34. The Balaban J connectivity index is 2.57. The first-order valence-corrected chi connectivity index (χ1v) is 7.29. The van der Waals surface area contributed by atoms with E-state index in [1.165, 1.54) is 0 Å². The third-order valence-corrected chi connectivity index (χ3v) is 3.43. The molecule has 102 valence electrons. The van der Waals surface area contributed by atoms with Crippen molar-refractivity contribution in [3.05, 3.63) is 35.4 Å². The van der Waals surface area contributed by atoms with Crippen LogP contribution in [0.25, 0.3) is 0 Å². The molecule has 1 aromatic rings. The predicted octanol–water partition coefficient (Wildman–Crippen LogP) is 1.35. The summed E-state index contributed by atoms with van der Waals surface area (Å²) in [5.74, 6) is -0.788. The van der Waals surface area contributed by atoms with Gasteiger partial charge in [-0.1, -0.05) is 0 Å². The van der Waals surface area contributed by atoms with Crippen molar-refractivity contribution < 1.29 is 18.1 Å². The summed E-state index contributed by atoms with van der Waals surface area (Å²) in [6.45, 7) is 1.90. The van der Waals surface area contributed by atoms with E-state index < -0.39 is 28.5 Å². The smallest absolute Gasteiger partial charge is 0.129 e. The van der Waals surface area contributed by atoms with Crippen LogP contribution in [0.5, 0.6) is 0 Å². The fourth-order valence-corrected chi connectivity index (χ4v) is 2.43. The van der Waals surface area contributed by atoms with Crippen molar-refractivity contribution in [1.29, 1.82) is 0 Å². The number of hydrogen-bond donors (Lipinski definition) is 2. The van der Waals surface area contributed by atoms with Crippen LogP contribution >= 0.6 is 0 Å². The Bertz CT molecular complexity index is 429. The molecule has 0 aliphatic heterocycles. The molecule has 3 nitrogen and oxygen atoms in total. The molecule has 1 aromatic carbocycles. The Morgan fingerprint density at radius 2 is 2.11 bits per heavy atom. The highest BCUT2D eigenvalue weighted by Crippen LogP contribution is 2.17. The van der Waals surface area contributed by atoms with Crippen LogP contribution in [0, 0.1) is 11.6 Å². The van der Waals surface area contributed by atoms with E-state index in [4.69, 9.17) is 0 Å². The van der Waals surface area contributed by atoms with E-state index in [1.807, 2.05) is 6.92 Å².